The largest absolute Gasteiger partial charge is 0.507 e. The summed E-state index contributed by atoms with van der Waals surface area (Å²) in [4.78, 5) is 32.4. The number of methoxy groups -OCH3 is 1. The number of Topliss-reactive ketones (excluding diaryl/α,β-unsaturated/α-hetero) is 1. The number of carbonyl (C=O) groups is 2. The van der Waals surface area contributed by atoms with E-state index in [0.29, 0.717) is 61.1 Å². The second kappa shape index (κ2) is 13.3. The van der Waals surface area contributed by atoms with E-state index in [-0.39, 0.29) is 11.3 Å². The number of hydrogen-bond donors (Lipinski definition) is 1. The molecule has 1 fully saturated rings. The Morgan fingerprint density at radius 1 is 0.977 bits per heavy atom. The van der Waals surface area contributed by atoms with Crippen LogP contribution in [0.2, 0.25) is 0 Å². The van der Waals surface area contributed by atoms with Crippen molar-refractivity contribution >= 4 is 17.4 Å². The summed E-state index contributed by atoms with van der Waals surface area (Å²) in [5.74, 6) is -0.0157. The number of amides is 1. The van der Waals surface area contributed by atoms with Gasteiger partial charge in [0.25, 0.3) is 11.7 Å². The summed E-state index contributed by atoms with van der Waals surface area (Å²) in [6.45, 7) is 5.68. The Morgan fingerprint density at radius 3 is 2.47 bits per heavy atom. The first-order valence-electron chi connectivity index (χ1n) is 14.2. The number of hydrogen-bond acceptors (Lipinski definition) is 7. The maximum atomic E-state index is 13.5. The van der Waals surface area contributed by atoms with E-state index in [4.69, 9.17) is 14.2 Å². The van der Waals surface area contributed by atoms with Gasteiger partial charge in [0.05, 0.1) is 31.7 Å². The molecule has 1 atom stereocenters. The molecule has 9 nitrogen and oxygen atoms in total. The van der Waals surface area contributed by atoms with E-state index in [1.54, 1.807) is 55.0 Å². The summed E-state index contributed by atoms with van der Waals surface area (Å²) in [6, 6.07) is 19.3. The fraction of sp³-hybridized carbons (Fsp3) is 0.265. The number of nitrogens with zero attached hydrogens (tertiary/aromatic N) is 3. The molecule has 1 aliphatic rings. The SMILES string of the molecule is CCOc1ccc(C2/C(=C(\O)c3ccc(OCc4ccccc4C)cc3)C(=O)C(=O)N2CCCn2ccnc2)cc1OC. The van der Waals surface area contributed by atoms with Gasteiger partial charge in [-0.2, -0.15) is 0 Å². The molecule has 0 aliphatic carbocycles. The van der Waals surface area contributed by atoms with Crippen LogP contribution in [0.5, 0.6) is 17.2 Å². The molecular weight excluding hydrogens is 546 g/mol. The number of aliphatic hydroxyl groups excluding tert-OH is 1. The van der Waals surface area contributed by atoms with Crippen LogP contribution in [0.1, 0.15) is 41.6 Å². The molecule has 2 heterocycles. The summed E-state index contributed by atoms with van der Waals surface area (Å²) in [5, 5.41) is 11.5. The molecule has 5 rings (SSSR count). The fourth-order valence-corrected chi connectivity index (χ4v) is 5.23. The summed E-state index contributed by atoms with van der Waals surface area (Å²) in [5.41, 5.74) is 3.27. The highest BCUT2D eigenvalue weighted by Crippen LogP contribution is 2.42. The maximum Gasteiger partial charge on any atom is 0.295 e. The first kappa shape index (κ1) is 29.4. The van der Waals surface area contributed by atoms with Crippen molar-refractivity contribution in [1.29, 1.82) is 0 Å². The minimum atomic E-state index is -0.815. The van der Waals surface area contributed by atoms with E-state index in [1.165, 1.54) is 12.0 Å². The lowest BCUT2D eigenvalue weighted by Gasteiger charge is -2.26. The molecule has 0 radical (unpaired) electrons. The molecule has 1 unspecified atom stereocenters. The molecule has 1 aromatic heterocycles. The van der Waals surface area contributed by atoms with Gasteiger partial charge in [-0.3, -0.25) is 9.59 Å². The number of likely N-dealkylation sites (tertiary alicyclic amines) is 1. The lowest BCUT2D eigenvalue weighted by atomic mass is 9.95. The van der Waals surface area contributed by atoms with Crippen molar-refractivity contribution in [3.05, 3.63) is 113 Å². The number of carbonyl (C=O) groups excluding carboxylic acids is 2. The third-order valence-corrected chi connectivity index (χ3v) is 7.50. The maximum absolute atomic E-state index is 13.5. The lowest BCUT2D eigenvalue weighted by molar-refractivity contribution is -0.139. The fourth-order valence-electron chi connectivity index (χ4n) is 5.23. The highest BCUT2D eigenvalue weighted by Gasteiger charge is 2.46. The van der Waals surface area contributed by atoms with Crippen molar-refractivity contribution in [1.82, 2.24) is 14.5 Å². The first-order valence-corrected chi connectivity index (χ1v) is 14.2. The van der Waals surface area contributed by atoms with Crippen molar-refractivity contribution < 1.29 is 28.9 Å². The Bertz CT molecular complexity index is 1610. The second-order valence-electron chi connectivity index (χ2n) is 10.2. The van der Waals surface area contributed by atoms with Gasteiger partial charge in [0.1, 0.15) is 18.1 Å². The summed E-state index contributed by atoms with van der Waals surface area (Å²) >= 11 is 0. The number of ether oxygens (including phenoxy) is 3. The Kier molecular flexibility index (Phi) is 9.10. The van der Waals surface area contributed by atoms with Gasteiger partial charge in [-0.15, -0.1) is 0 Å². The molecule has 0 saturated carbocycles. The Labute approximate surface area is 251 Å². The van der Waals surface area contributed by atoms with Gasteiger partial charge in [-0.05, 0) is 73.4 Å². The third-order valence-electron chi connectivity index (χ3n) is 7.50. The smallest absolute Gasteiger partial charge is 0.295 e. The zero-order valence-electron chi connectivity index (χ0n) is 24.5. The first-order chi connectivity index (χ1) is 20.9. The molecule has 1 aliphatic heterocycles. The predicted molar refractivity (Wildman–Crippen MR) is 162 cm³/mol. The van der Waals surface area contributed by atoms with Crippen LogP contribution in [0, 0.1) is 6.92 Å². The Balaban J connectivity index is 1.46. The number of rotatable bonds is 12. The van der Waals surface area contributed by atoms with Crippen LogP contribution in [0.25, 0.3) is 5.76 Å². The van der Waals surface area contributed by atoms with Crippen LogP contribution in [-0.2, 0) is 22.7 Å². The van der Waals surface area contributed by atoms with Gasteiger partial charge in [-0.25, -0.2) is 4.98 Å². The van der Waals surface area contributed by atoms with Gasteiger partial charge >= 0.3 is 0 Å². The number of ketones is 1. The molecule has 9 heteroatoms. The van der Waals surface area contributed by atoms with Gasteiger partial charge in [0.15, 0.2) is 11.5 Å². The zero-order valence-corrected chi connectivity index (χ0v) is 24.5. The van der Waals surface area contributed by atoms with Crippen LogP contribution >= 0.6 is 0 Å². The molecule has 0 bridgehead atoms. The zero-order chi connectivity index (χ0) is 30.3. The number of aliphatic hydroxyl groups is 1. The van der Waals surface area contributed by atoms with Crippen molar-refractivity contribution in [3.63, 3.8) is 0 Å². The predicted octanol–water partition coefficient (Wildman–Crippen LogP) is 5.69. The van der Waals surface area contributed by atoms with Crippen molar-refractivity contribution in [2.45, 2.75) is 39.5 Å². The molecule has 222 valence electrons. The summed E-state index contributed by atoms with van der Waals surface area (Å²) < 4.78 is 19.1. The summed E-state index contributed by atoms with van der Waals surface area (Å²) in [7, 11) is 1.53. The molecule has 1 N–H and O–H groups in total. The van der Waals surface area contributed by atoms with Crippen LogP contribution < -0.4 is 14.2 Å². The van der Waals surface area contributed by atoms with Gasteiger partial charge in [-0.1, -0.05) is 30.3 Å². The van der Waals surface area contributed by atoms with E-state index in [9.17, 15) is 14.7 Å². The van der Waals surface area contributed by atoms with Crippen LogP contribution in [-0.4, -0.2) is 51.5 Å². The number of imidazole rings is 1. The molecular formula is C34H35N3O6. The average Bonchev–Trinajstić information content (AvgIpc) is 3.63. The monoisotopic (exact) mass is 581 g/mol. The second-order valence-corrected chi connectivity index (χ2v) is 10.2. The Morgan fingerprint density at radius 2 is 1.77 bits per heavy atom. The molecule has 4 aromatic rings. The van der Waals surface area contributed by atoms with E-state index in [0.717, 1.165) is 11.1 Å². The normalized spacial score (nSPS) is 16.0. The van der Waals surface area contributed by atoms with Gasteiger partial charge in [0.2, 0.25) is 0 Å². The van der Waals surface area contributed by atoms with Crippen LogP contribution in [0.15, 0.2) is 91.0 Å². The molecule has 1 saturated heterocycles. The molecule has 0 spiro atoms. The third kappa shape index (κ3) is 6.40. The van der Waals surface area contributed by atoms with Crippen molar-refractivity contribution in [2.24, 2.45) is 0 Å². The minimum absolute atomic E-state index is 0.0208. The van der Waals surface area contributed by atoms with Gasteiger partial charge in [0, 0.05) is 31.0 Å². The standard InChI is InChI=1S/C34H35N3O6/c1-4-42-28-15-12-25(20-29(28)41-3)31-30(33(39)34(40)37(31)18-7-17-36-19-16-35-22-36)32(38)24-10-13-27(14-11-24)43-21-26-9-6-5-8-23(26)2/h5-6,8-16,19-20,22,31,38H,4,7,17-18,21H2,1-3H3/b32-30+. The Hall–Kier alpha value is -5.05. The van der Waals surface area contributed by atoms with E-state index >= 15 is 0 Å². The topological polar surface area (TPSA) is 103 Å². The van der Waals surface area contributed by atoms with Crippen molar-refractivity contribution in [3.8, 4) is 17.2 Å². The van der Waals surface area contributed by atoms with Crippen LogP contribution in [0.3, 0.4) is 0 Å². The van der Waals surface area contributed by atoms with Crippen LogP contribution in [0.4, 0.5) is 0 Å². The quantitative estimate of drug-likeness (QED) is 0.130. The molecule has 1 amide bonds. The molecule has 43 heavy (non-hydrogen) atoms. The summed E-state index contributed by atoms with van der Waals surface area (Å²) in [6.07, 6.45) is 5.83. The minimum Gasteiger partial charge on any atom is -0.507 e. The van der Waals surface area contributed by atoms with Crippen molar-refractivity contribution in [2.75, 3.05) is 20.3 Å². The van der Waals surface area contributed by atoms with E-state index in [2.05, 4.69) is 4.98 Å². The number of aromatic nitrogens is 2. The van der Waals surface area contributed by atoms with E-state index in [1.807, 2.05) is 48.9 Å². The average molecular weight is 582 g/mol. The van der Waals surface area contributed by atoms with Gasteiger partial charge < -0.3 is 28.8 Å². The number of benzene rings is 3. The lowest BCUT2D eigenvalue weighted by Crippen LogP contribution is -2.31. The number of aryl methyl sites for hydroxylation is 2. The highest BCUT2D eigenvalue weighted by atomic mass is 16.5. The highest BCUT2D eigenvalue weighted by molar-refractivity contribution is 6.46. The van der Waals surface area contributed by atoms with E-state index < -0.39 is 17.7 Å². The molecule has 3 aromatic carbocycles.